The molecule has 0 aliphatic carbocycles. The first-order valence-electron chi connectivity index (χ1n) is 3.87. The number of hydrogen-bond acceptors (Lipinski definition) is 1. The fourth-order valence-electron chi connectivity index (χ4n) is 1.18. The van der Waals surface area contributed by atoms with Gasteiger partial charge in [-0.05, 0) is 11.3 Å². The van der Waals surface area contributed by atoms with Crippen LogP contribution in [-0.2, 0) is 0 Å². The Morgan fingerprint density at radius 2 is 1.64 bits per heavy atom. The largest absolute Gasteiger partial charge is 0.399 e. The van der Waals surface area contributed by atoms with Gasteiger partial charge in [0.05, 0.1) is 8.07 Å². The van der Waals surface area contributed by atoms with Gasteiger partial charge in [0.15, 0.2) is 0 Å². The zero-order chi connectivity index (χ0) is 8.48. The maximum Gasteiger partial charge on any atom is 0.0802 e. The number of rotatable bonds is 1. The molecule has 1 rings (SSSR count). The molecule has 0 unspecified atom stereocenters. The van der Waals surface area contributed by atoms with Gasteiger partial charge < -0.3 is 5.73 Å². The van der Waals surface area contributed by atoms with E-state index < -0.39 is 8.07 Å². The van der Waals surface area contributed by atoms with Gasteiger partial charge in [-0.15, -0.1) is 0 Å². The third-order valence-corrected chi connectivity index (χ3v) is 3.84. The van der Waals surface area contributed by atoms with E-state index in [4.69, 9.17) is 5.73 Å². The van der Waals surface area contributed by atoms with Crippen LogP contribution in [0.4, 0.5) is 5.69 Å². The second kappa shape index (κ2) is 2.70. The number of benzene rings is 1. The third kappa shape index (κ3) is 1.83. The van der Waals surface area contributed by atoms with Crippen molar-refractivity contribution in [2.24, 2.45) is 0 Å². The quantitative estimate of drug-likeness (QED) is 0.498. The summed E-state index contributed by atoms with van der Waals surface area (Å²) in [5, 5.41) is 1.36. The first-order chi connectivity index (χ1) is 5.02. The third-order valence-electron chi connectivity index (χ3n) is 1.77. The Bertz CT molecular complexity index is 250. The Morgan fingerprint density at radius 3 is 2.00 bits per heavy atom. The summed E-state index contributed by atoms with van der Waals surface area (Å²) < 4.78 is 0. The molecule has 0 spiro atoms. The zero-order valence-electron chi connectivity index (χ0n) is 7.39. The van der Waals surface area contributed by atoms with E-state index in [2.05, 4.69) is 31.8 Å². The molecule has 0 saturated heterocycles. The molecule has 1 aromatic rings. The number of anilines is 1. The van der Waals surface area contributed by atoms with E-state index in [1.165, 1.54) is 5.19 Å². The van der Waals surface area contributed by atoms with Crippen molar-refractivity contribution >= 4 is 18.9 Å². The highest BCUT2D eigenvalue weighted by atomic mass is 28.3. The summed E-state index contributed by atoms with van der Waals surface area (Å²) in [7, 11) is -1.20. The van der Waals surface area contributed by atoms with E-state index in [1.54, 1.807) is 0 Å². The maximum absolute atomic E-state index is 5.84. The van der Waals surface area contributed by atoms with Gasteiger partial charge in [0.2, 0.25) is 0 Å². The summed E-state index contributed by atoms with van der Waals surface area (Å²) >= 11 is 0. The van der Waals surface area contributed by atoms with Crippen molar-refractivity contribution in [1.29, 1.82) is 0 Å². The van der Waals surface area contributed by atoms with Crippen LogP contribution in [0, 0.1) is 0 Å². The Balaban J connectivity index is 3.14. The molecule has 2 heteroatoms. The summed E-state index contributed by atoms with van der Waals surface area (Å²) in [5.74, 6) is 0. The highest BCUT2D eigenvalue weighted by Crippen LogP contribution is 2.07. The molecule has 0 aliphatic heterocycles. The molecule has 1 nitrogen and oxygen atoms in total. The summed E-state index contributed by atoms with van der Waals surface area (Å²) in [6, 6.07) is 8.16. The van der Waals surface area contributed by atoms with Gasteiger partial charge >= 0.3 is 0 Å². The minimum absolute atomic E-state index is 0.951. The second-order valence-electron chi connectivity index (χ2n) is 3.84. The summed E-state index contributed by atoms with van der Waals surface area (Å²) in [4.78, 5) is 0. The molecule has 2 N–H and O–H groups in total. The van der Waals surface area contributed by atoms with E-state index in [0.717, 1.165) is 5.69 Å². The molecule has 0 fully saturated rings. The van der Waals surface area contributed by atoms with Crippen LogP contribution in [0.1, 0.15) is 0 Å². The van der Waals surface area contributed by atoms with Gasteiger partial charge in [-0.3, -0.25) is 0 Å². The lowest BCUT2D eigenvalue weighted by molar-refractivity contribution is 1.66. The monoisotopic (exact) mass is 165 g/mol. The van der Waals surface area contributed by atoms with Crippen LogP contribution in [-0.4, -0.2) is 8.07 Å². The molecule has 0 aromatic heterocycles. The van der Waals surface area contributed by atoms with Gasteiger partial charge in [0, 0.05) is 5.69 Å². The molecule has 0 amide bonds. The lowest BCUT2D eigenvalue weighted by Gasteiger charge is -2.18. The van der Waals surface area contributed by atoms with Crippen molar-refractivity contribution in [1.82, 2.24) is 0 Å². The molecule has 1 aromatic carbocycles. The molecule has 0 saturated carbocycles. The highest BCUT2D eigenvalue weighted by Gasteiger charge is 2.17. The molecule has 11 heavy (non-hydrogen) atoms. The van der Waals surface area contributed by atoms with E-state index in [0.29, 0.717) is 0 Å². The SMILES string of the molecule is C[Si](C)(C)c1ccccc1N. The minimum atomic E-state index is -1.20. The summed E-state index contributed by atoms with van der Waals surface area (Å²) in [6.07, 6.45) is 0. The minimum Gasteiger partial charge on any atom is -0.399 e. The van der Waals surface area contributed by atoms with Crippen LogP contribution in [0.3, 0.4) is 0 Å². The highest BCUT2D eigenvalue weighted by molar-refractivity contribution is 6.89. The van der Waals surface area contributed by atoms with E-state index in [9.17, 15) is 0 Å². The molecule has 0 bridgehead atoms. The fourth-order valence-corrected chi connectivity index (χ4v) is 2.73. The van der Waals surface area contributed by atoms with Crippen molar-refractivity contribution < 1.29 is 0 Å². The van der Waals surface area contributed by atoms with Crippen molar-refractivity contribution in [3.8, 4) is 0 Å². The predicted octanol–water partition coefficient (Wildman–Crippen LogP) is 1.81. The normalized spacial score (nSPS) is 11.5. The van der Waals surface area contributed by atoms with Crippen molar-refractivity contribution in [2.75, 3.05) is 5.73 Å². The fraction of sp³-hybridized carbons (Fsp3) is 0.333. The number of nitrogens with two attached hydrogens (primary N) is 1. The molecular weight excluding hydrogens is 150 g/mol. The molecular formula is C9H15NSi. The van der Waals surface area contributed by atoms with Gasteiger partial charge in [-0.25, -0.2) is 0 Å². The Morgan fingerprint density at radius 1 is 1.09 bits per heavy atom. The second-order valence-corrected chi connectivity index (χ2v) is 8.88. The number of para-hydroxylation sites is 1. The van der Waals surface area contributed by atoms with Crippen LogP contribution in [0.15, 0.2) is 24.3 Å². The average Bonchev–Trinajstić information content (AvgIpc) is 1.86. The lowest BCUT2D eigenvalue weighted by atomic mass is 10.3. The van der Waals surface area contributed by atoms with Crippen molar-refractivity contribution in [3.63, 3.8) is 0 Å². The molecule has 0 aliphatic rings. The van der Waals surface area contributed by atoms with Crippen LogP contribution in [0.2, 0.25) is 19.6 Å². The average molecular weight is 165 g/mol. The number of hydrogen-bond donors (Lipinski definition) is 1. The maximum atomic E-state index is 5.84. The Kier molecular flexibility index (Phi) is 2.05. The first-order valence-corrected chi connectivity index (χ1v) is 7.37. The smallest absolute Gasteiger partial charge is 0.0802 e. The van der Waals surface area contributed by atoms with Crippen LogP contribution >= 0.6 is 0 Å². The van der Waals surface area contributed by atoms with Gasteiger partial charge in [0.1, 0.15) is 0 Å². The lowest BCUT2D eigenvalue weighted by Crippen LogP contribution is -2.39. The topological polar surface area (TPSA) is 26.0 Å². The van der Waals surface area contributed by atoms with Crippen molar-refractivity contribution in [3.05, 3.63) is 24.3 Å². The summed E-state index contributed by atoms with van der Waals surface area (Å²) in [5.41, 5.74) is 6.79. The molecule has 0 atom stereocenters. The summed E-state index contributed by atoms with van der Waals surface area (Å²) in [6.45, 7) is 6.91. The molecule has 60 valence electrons. The Hall–Kier alpha value is -0.763. The zero-order valence-corrected chi connectivity index (χ0v) is 8.39. The van der Waals surface area contributed by atoms with Gasteiger partial charge in [0.25, 0.3) is 0 Å². The first kappa shape index (κ1) is 8.33. The van der Waals surface area contributed by atoms with Crippen LogP contribution in [0.25, 0.3) is 0 Å². The van der Waals surface area contributed by atoms with E-state index in [1.807, 2.05) is 12.1 Å². The van der Waals surface area contributed by atoms with Crippen LogP contribution in [0.5, 0.6) is 0 Å². The van der Waals surface area contributed by atoms with E-state index in [-0.39, 0.29) is 0 Å². The number of nitrogen functional groups attached to an aromatic ring is 1. The van der Waals surface area contributed by atoms with Gasteiger partial charge in [-0.1, -0.05) is 37.8 Å². The van der Waals surface area contributed by atoms with Gasteiger partial charge in [-0.2, -0.15) is 0 Å². The predicted molar refractivity (Wildman–Crippen MR) is 53.8 cm³/mol. The Labute approximate surface area is 69.2 Å². The van der Waals surface area contributed by atoms with E-state index >= 15 is 0 Å². The van der Waals surface area contributed by atoms with Crippen molar-refractivity contribution in [2.45, 2.75) is 19.6 Å². The standard InChI is InChI=1S/C9H15NSi/c1-11(2,3)9-7-5-4-6-8(9)10/h4-7H,10H2,1-3H3. The molecule has 0 radical (unpaired) electrons. The molecule has 0 heterocycles. The van der Waals surface area contributed by atoms with Crippen LogP contribution < -0.4 is 10.9 Å².